The van der Waals surface area contributed by atoms with Crippen LogP contribution in [0.25, 0.3) is 0 Å². The molecular formula is C23H29NO3. The minimum atomic E-state index is -0.316. The monoisotopic (exact) mass is 367 g/mol. The zero-order valence-electron chi connectivity index (χ0n) is 16.2. The molecule has 4 heteroatoms. The lowest BCUT2D eigenvalue weighted by Crippen LogP contribution is -2.56. The Kier molecular flexibility index (Phi) is 3.07. The summed E-state index contributed by atoms with van der Waals surface area (Å²) in [5, 5.41) is 12.7. The maximum atomic E-state index is 12.0. The zero-order chi connectivity index (χ0) is 18.6. The molecule has 27 heavy (non-hydrogen) atoms. The van der Waals surface area contributed by atoms with Crippen molar-refractivity contribution in [1.29, 1.82) is 0 Å². The number of nitrogens with zero attached hydrogens (tertiary/aromatic N) is 1. The van der Waals surface area contributed by atoms with Crippen LogP contribution in [0.2, 0.25) is 0 Å². The summed E-state index contributed by atoms with van der Waals surface area (Å²) >= 11 is 0. The molecule has 0 aromatic rings. The molecule has 1 N–H and O–H groups in total. The number of carbonyl (C=O) groups is 1. The van der Waals surface area contributed by atoms with Crippen molar-refractivity contribution in [2.75, 3.05) is 0 Å². The molecule has 5 aliphatic carbocycles. The van der Waals surface area contributed by atoms with E-state index < -0.39 is 0 Å². The van der Waals surface area contributed by atoms with Crippen molar-refractivity contribution in [3.05, 3.63) is 23.8 Å². The summed E-state index contributed by atoms with van der Waals surface area (Å²) in [4.78, 5) is 12.0. The molecule has 0 saturated heterocycles. The highest BCUT2D eigenvalue weighted by molar-refractivity contribution is 5.96. The van der Waals surface area contributed by atoms with Crippen molar-refractivity contribution in [1.82, 2.24) is 0 Å². The predicted molar refractivity (Wildman–Crippen MR) is 101 cm³/mol. The molecule has 6 aliphatic rings. The van der Waals surface area contributed by atoms with Crippen LogP contribution in [0, 0.1) is 46.8 Å². The molecule has 4 nitrogen and oxygen atoms in total. The van der Waals surface area contributed by atoms with Gasteiger partial charge in [-0.2, -0.15) is 0 Å². The van der Waals surface area contributed by atoms with E-state index in [-0.39, 0.29) is 17.0 Å². The topological polar surface area (TPSA) is 58.9 Å². The highest BCUT2D eigenvalue weighted by Gasteiger charge is 2.78. The fourth-order valence-corrected chi connectivity index (χ4v) is 8.60. The highest BCUT2D eigenvalue weighted by Crippen LogP contribution is 2.78. The van der Waals surface area contributed by atoms with Gasteiger partial charge in [0.2, 0.25) is 0 Å². The van der Waals surface area contributed by atoms with E-state index in [4.69, 9.17) is 4.74 Å². The first-order valence-electron chi connectivity index (χ1n) is 10.8. The quantitative estimate of drug-likeness (QED) is 0.393. The van der Waals surface area contributed by atoms with Crippen LogP contribution >= 0.6 is 0 Å². The van der Waals surface area contributed by atoms with Gasteiger partial charge in [0.15, 0.2) is 0 Å². The van der Waals surface area contributed by atoms with Gasteiger partial charge in [0.1, 0.15) is 5.60 Å². The number of allylic oxidation sites excluding steroid dienone is 2. The third-order valence-corrected chi connectivity index (χ3v) is 9.52. The van der Waals surface area contributed by atoms with Gasteiger partial charge in [-0.25, -0.2) is 4.79 Å². The molecule has 4 saturated carbocycles. The summed E-state index contributed by atoms with van der Waals surface area (Å²) in [5.41, 5.74) is 2.17. The van der Waals surface area contributed by atoms with Gasteiger partial charge in [-0.3, -0.25) is 0 Å². The van der Waals surface area contributed by atoms with E-state index in [1.54, 1.807) is 6.08 Å². The maximum absolute atomic E-state index is 12.0. The Morgan fingerprint density at radius 3 is 2.89 bits per heavy atom. The van der Waals surface area contributed by atoms with Crippen molar-refractivity contribution < 1.29 is 14.7 Å². The van der Waals surface area contributed by atoms with E-state index in [0.717, 1.165) is 42.7 Å². The lowest BCUT2D eigenvalue weighted by molar-refractivity contribution is -0.169. The second-order valence-corrected chi connectivity index (χ2v) is 10.4. The van der Waals surface area contributed by atoms with E-state index >= 15 is 0 Å². The molecular weight excluding hydrogens is 338 g/mol. The average Bonchev–Trinajstić information content (AvgIpc) is 3.30. The van der Waals surface area contributed by atoms with E-state index in [1.807, 2.05) is 0 Å². The van der Waals surface area contributed by atoms with Gasteiger partial charge in [0.05, 0.1) is 5.71 Å². The molecule has 3 unspecified atom stereocenters. The first kappa shape index (κ1) is 16.4. The van der Waals surface area contributed by atoms with E-state index in [2.05, 4.69) is 31.2 Å². The van der Waals surface area contributed by atoms with E-state index in [1.165, 1.54) is 24.8 Å². The molecule has 0 amide bonds. The van der Waals surface area contributed by atoms with Crippen molar-refractivity contribution in [2.45, 2.75) is 58.0 Å². The van der Waals surface area contributed by atoms with Gasteiger partial charge in [-0.1, -0.05) is 24.6 Å². The molecule has 1 heterocycles. The van der Waals surface area contributed by atoms with Gasteiger partial charge in [0, 0.05) is 17.4 Å². The minimum Gasteiger partial charge on any atom is -0.451 e. The third-order valence-electron chi connectivity index (χ3n) is 9.52. The van der Waals surface area contributed by atoms with E-state index in [0.29, 0.717) is 23.7 Å². The summed E-state index contributed by atoms with van der Waals surface area (Å²) in [6, 6.07) is 0. The Morgan fingerprint density at radius 2 is 2.15 bits per heavy atom. The minimum absolute atomic E-state index is 0.103. The standard InChI is InChI=1S/C23H29NO3/c1-12-9-13-10-14(24-26)3-4-15(13)16-5-7-22(2)21(20(12)16)17-11-18(17)23(22)8-6-19(25)27-23/h6,8,10,12,15-18,20-21,26H,3-5,7,9,11H2,1-2H3/b24-14-/t12-,15+,16?,17+,18-,20?,21?,22+,23+/m1/s1. The lowest BCUT2D eigenvalue weighted by Gasteiger charge is -2.58. The number of hydrogen-bond donors (Lipinski definition) is 1. The number of carbonyl (C=O) groups excluding carboxylic acids is 1. The molecule has 0 aromatic carbocycles. The van der Waals surface area contributed by atoms with Gasteiger partial charge in [-0.05, 0) is 86.2 Å². The second-order valence-electron chi connectivity index (χ2n) is 10.4. The fourth-order valence-electron chi connectivity index (χ4n) is 8.60. The number of oxime groups is 1. The second kappa shape index (κ2) is 5.07. The molecule has 1 spiro atoms. The number of fused-ring (bicyclic) bond motifs is 9. The lowest BCUT2D eigenvalue weighted by atomic mass is 9.47. The van der Waals surface area contributed by atoms with E-state index in [9.17, 15) is 10.0 Å². The van der Waals surface area contributed by atoms with Gasteiger partial charge < -0.3 is 9.94 Å². The van der Waals surface area contributed by atoms with Crippen LogP contribution in [0.1, 0.15) is 52.4 Å². The van der Waals surface area contributed by atoms with Crippen molar-refractivity contribution in [3.8, 4) is 0 Å². The fraction of sp³-hybridized carbons (Fsp3) is 0.739. The molecule has 144 valence electrons. The summed E-state index contributed by atoms with van der Waals surface area (Å²) in [7, 11) is 0. The Balaban J connectivity index is 1.39. The number of esters is 1. The highest BCUT2D eigenvalue weighted by atomic mass is 16.6. The average molecular weight is 367 g/mol. The summed E-state index contributed by atoms with van der Waals surface area (Å²) in [6.07, 6.45) is 12.8. The van der Waals surface area contributed by atoms with Gasteiger partial charge in [0.25, 0.3) is 0 Å². The van der Waals surface area contributed by atoms with Crippen molar-refractivity contribution in [2.24, 2.45) is 52.0 Å². The Hall–Kier alpha value is -1.58. The Morgan fingerprint density at radius 1 is 1.30 bits per heavy atom. The van der Waals surface area contributed by atoms with Crippen molar-refractivity contribution in [3.63, 3.8) is 0 Å². The third kappa shape index (κ3) is 1.85. The molecule has 0 radical (unpaired) electrons. The van der Waals surface area contributed by atoms with Crippen LogP contribution < -0.4 is 0 Å². The predicted octanol–water partition coefficient (Wildman–Crippen LogP) is 4.34. The summed E-state index contributed by atoms with van der Waals surface area (Å²) in [6.45, 7) is 4.86. The van der Waals surface area contributed by atoms with Gasteiger partial charge in [-0.15, -0.1) is 0 Å². The Labute approximate surface area is 160 Å². The number of rotatable bonds is 0. The SMILES string of the molecule is C[C@@H]1CC2=C/C(=N\O)CC[C@@H]2C2CC[C@@]3(C)C(C21)[C@H]1C[C@H]1[C@@]31C=CC(=O)O1. The largest absolute Gasteiger partial charge is 0.451 e. The first-order valence-corrected chi connectivity index (χ1v) is 10.8. The van der Waals surface area contributed by atoms with Crippen LogP contribution in [-0.2, 0) is 9.53 Å². The normalized spacial score (nSPS) is 56.2. The van der Waals surface area contributed by atoms with Crippen LogP contribution in [0.4, 0.5) is 0 Å². The van der Waals surface area contributed by atoms with Crippen LogP contribution in [0.3, 0.4) is 0 Å². The Bertz CT molecular complexity index is 812. The maximum Gasteiger partial charge on any atom is 0.331 e. The smallest absolute Gasteiger partial charge is 0.331 e. The first-order chi connectivity index (χ1) is 13.0. The molecule has 0 bridgehead atoms. The van der Waals surface area contributed by atoms with Crippen LogP contribution in [0.15, 0.2) is 29.0 Å². The summed E-state index contributed by atoms with van der Waals surface area (Å²) in [5.74, 6) is 4.64. The molecule has 9 atom stereocenters. The molecule has 0 aromatic heterocycles. The van der Waals surface area contributed by atoms with Crippen LogP contribution in [-0.4, -0.2) is 22.5 Å². The number of hydrogen-bond acceptors (Lipinski definition) is 4. The number of ether oxygens (including phenoxy) is 1. The molecule has 6 rings (SSSR count). The zero-order valence-corrected chi connectivity index (χ0v) is 16.2. The van der Waals surface area contributed by atoms with Gasteiger partial charge >= 0.3 is 5.97 Å². The molecule has 4 fully saturated rings. The van der Waals surface area contributed by atoms with Crippen molar-refractivity contribution >= 4 is 11.7 Å². The summed E-state index contributed by atoms with van der Waals surface area (Å²) < 4.78 is 6.08. The molecule has 1 aliphatic heterocycles. The van der Waals surface area contributed by atoms with Crippen LogP contribution in [0.5, 0.6) is 0 Å².